The van der Waals surface area contributed by atoms with Crippen LogP contribution in [0.2, 0.25) is 0 Å². The number of aromatic hydroxyl groups is 1. The van der Waals surface area contributed by atoms with Gasteiger partial charge in [-0.05, 0) is 50.6 Å². The molecule has 25 heavy (non-hydrogen) atoms. The Labute approximate surface area is 148 Å². The lowest BCUT2D eigenvalue weighted by atomic mass is 10.1. The van der Waals surface area contributed by atoms with Crippen LogP contribution in [0.4, 0.5) is 0 Å². The first kappa shape index (κ1) is 17.2. The second-order valence-corrected chi connectivity index (χ2v) is 6.57. The van der Waals surface area contributed by atoms with E-state index < -0.39 is 0 Å². The third-order valence-electron chi connectivity index (χ3n) is 4.54. The third-order valence-corrected chi connectivity index (χ3v) is 4.54. The van der Waals surface area contributed by atoms with Gasteiger partial charge in [0.15, 0.2) is 0 Å². The Bertz CT molecular complexity index is 777. The van der Waals surface area contributed by atoms with Crippen molar-refractivity contribution in [2.45, 2.75) is 39.3 Å². The molecule has 0 unspecified atom stereocenters. The van der Waals surface area contributed by atoms with Crippen molar-refractivity contribution in [1.82, 2.24) is 9.88 Å². The number of hydrogen-bond donors (Lipinski definition) is 1. The van der Waals surface area contributed by atoms with E-state index in [-0.39, 0.29) is 5.75 Å². The molecular weight excluding hydrogens is 314 g/mol. The van der Waals surface area contributed by atoms with Crippen molar-refractivity contribution < 1.29 is 9.84 Å². The van der Waals surface area contributed by atoms with E-state index in [4.69, 9.17) is 10.00 Å². The van der Waals surface area contributed by atoms with E-state index in [1.165, 1.54) is 25.5 Å². The molecule has 0 spiro atoms. The average molecular weight is 337 g/mol. The second kappa shape index (κ2) is 8.00. The van der Waals surface area contributed by atoms with Gasteiger partial charge in [0.1, 0.15) is 24.2 Å². The normalized spacial score (nSPS) is 14.9. The number of phenolic OH excluding ortho intramolecular Hbond substituents is 1. The number of benzene rings is 1. The minimum atomic E-state index is 0.237. The Hall–Kier alpha value is -2.58. The summed E-state index contributed by atoms with van der Waals surface area (Å²) in [7, 11) is 0. The number of ether oxygens (including phenoxy) is 1. The highest BCUT2D eigenvalue weighted by Gasteiger charge is 2.15. The van der Waals surface area contributed by atoms with Crippen LogP contribution in [0.25, 0.3) is 0 Å². The number of likely N-dealkylation sites (tertiary alicyclic amines) is 1. The summed E-state index contributed by atoms with van der Waals surface area (Å²) >= 11 is 0. The van der Waals surface area contributed by atoms with Gasteiger partial charge in [0.05, 0.1) is 5.56 Å². The highest BCUT2D eigenvalue weighted by atomic mass is 16.5. The Morgan fingerprint density at radius 1 is 1.20 bits per heavy atom. The largest absolute Gasteiger partial charge is 0.508 e. The minimum Gasteiger partial charge on any atom is -0.508 e. The number of pyridine rings is 1. The number of aromatic nitrogens is 1. The molecule has 3 rings (SSSR count). The number of aryl methyl sites for hydroxylation is 1. The molecule has 0 bridgehead atoms. The first-order valence-electron chi connectivity index (χ1n) is 8.67. The lowest BCUT2D eigenvalue weighted by molar-refractivity contribution is 0.215. The maximum absolute atomic E-state index is 10.1. The van der Waals surface area contributed by atoms with Gasteiger partial charge in [0, 0.05) is 36.1 Å². The van der Waals surface area contributed by atoms with Crippen LogP contribution < -0.4 is 4.74 Å². The van der Waals surface area contributed by atoms with Crippen molar-refractivity contribution in [3.05, 3.63) is 52.8 Å². The monoisotopic (exact) mass is 337 g/mol. The summed E-state index contributed by atoms with van der Waals surface area (Å²) in [5, 5.41) is 19.0. The number of phenols is 1. The molecule has 5 nitrogen and oxygen atoms in total. The summed E-state index contributed by atoms with van der Waals surface area (Å²) in [6.07, 6.45) is 7.00. The van der Waals surface area contributed by atoms with Gasteiger partial charge in [0.2, 0.25) is 0 Å². The molecular formula is C20H23N3O2. The summed E-state index contributed by atoms with van der Waals surface area (Å²) in [6.45, 7) is 5.26. The molecule has 1 aromatic carbocycles. The third kappa shape index (κ3) is 4.49. The summed E-state index contributed by atoms with van der Waals surface area (Å²) in [6, 6.07) is 7.55. The van der Waals surface area contributed by atoms with E-state index in [9.17, 15) is 5.11 Å². The highest BCUT2D eigenvalue weighted by Crippen LogP contribution is 2.30. The van der Waals surface area contributed by atoms with Crippen LogP contribution in [0.1, 0.15) is 41.5 Å². The number of hydrogen-bond acceptors (Lipinski definition) is 5. The first-order chi connectivity index (χ1) is 12.2. The SMILES string of the molecule is Cc1cc(CN2CCCCC2)c(OCc2cncc(C#N)c2)cc1O. The molecule has 0 atom stereocenters. The van der Waals surface area contributed by atoms with Crippen molar-refractivity contribution in [2.75, 3.05) is 13.1 Å². The summed E-state index contributed by atoms with van der Waals surface area (Å²) in [4.78, 5) is 6.49. The predicted molar refractivity (Wildman–Crippen MR) is 95.3 cm³/mol. The summed E-state index contributed by atoms with van der Waals surface area (Å²) in [5.74, 6) is 0.928. The molecule has 0 radical (unpaired) electrons. The van der Waals surface area contributed by atoms with Gasteiger partial charge in [0.25, 0.3) is 0 Å². The topological polar surface area (TPSA) is 69.4 Å². The summed E-state index contributed by atoms with van der Waals surface area (Å²) in [5.41, 5.74) is 3.29. The van der Waals surface area contributed by atoms with Crippen LogP contribution in [-0.4, -0.2) is 28.1 Å². The van der Waals surface area contributed by atoms with Gasteiger partial charge in [-0.1, -0.05) is 6.42 Å². The lowest BCUT2D eigenvalue weighted by Crippen LogP contribution is -2.29. The van der Waals surface area contributed by atoms with Crippen molar-refractivity contribution in [2.24, 2.45) is 0 Å². The standard InChI is InChI=1S/C20H23N3O2/c1-15-7-18(13-23-5-3-2-4-6-23)20(9-19(15)24)25-14-17-8-16(10-21)11-22-12-17/h7-9,11-12,24H,2-6,13-14H2,1H3. The molecule has 2 heterocycles. The van der Waals surface area contributed by atoms with E-state index in [1.54, 1.807) is 18.3 Å². The molecule has 130 valence electrons. The molecule has 1 fully saturated rings. The number of rotatable bonds is 5. The first-order valence-corrected chi connectivity index (χ1v) is 8.67. The van der Waals surface area contributed by atoms with Gasteiger partial charge in [-0.2, -0.15) is 5.26 Å². The van der Waals surface area contributed by atoms with Gasteiger partial charge >= 0.3 is 0 Å². The maximum Gasteiger partial charge on any atom is 0.128 e. The number of nitriles is 1. The fourth-order valence-electron chi connectivity index (χ4n) is 3.14. The quantitative estimate of drug-likeness (QED) is 0.904. The summed E-state index contributed by atoms with van der Waals surface area (Å²) < 4.78 is 5.96. The molecule has 0 aliphatic carbocycles. The van der Waals surface area contributed by atoms with Crippen molar-refractivity contribution in [1.29, 1.82) is 5.26 Å². The molecule has 1 aliphatic heterocycles. The van der Waals surface area contributed by atoms with Gasteiger partial charge in [-0.3, -0.25) is 9.88 Å². The fraction of sp³-hybridized carbons (Fsp3) is 0.400. The number of piperidine rings is 1. The molecule has 1 N–H and O–H groups in total. The van der Waals surface area contributed by atoms with Crippen LogP contribution in [0, 0.1) is 18.3 Å². The molecule has 5 heteroatoms. The average Bonchev–Trinajstić information content (AvgIpc) is 2.64. The fourth-order valence-corrected chi connectivity index (χ4v) is 3.14. The van der Waals surface area contributed by atoms with Crippen LogP contribution >= 0.6 is 0 Å². The van der Waals surface area contributed by atoms with Crippen molar-refractivity contribution in [3.63, 3.8) is 0 Å². The van der Waals surface area contributed by atoms with Crippen LogP contribution in [-0.2, 0) is 13.2 Å². The van der Waals surface area contributed by atoms with Gasteiger partial charge in [-0.15, -0.1) is 0 Å². The maximum atomic E-state index is 10.1. The van der Waals surface area contributed by atoms with Crippen LogP contribution in [0.15, 0.2) is 30.6 Å². The van der Waals surface area contributed by atoms with E-state index in [1.807, 2.05) is 13.0 Å². The van der Waals surface area contributed by atoms with E-state index in [2.05, 4.69) is 16.0 Å². The molecule has 1 aromatic heterocycles. The molecule has 2 aromatic rings. The predicted octanol–water partition coefficient (Wildman–Crippen LogP) is 3.53. The Morgan fingerprint density at radius 2 is 2.00 bits per heavy atom. The van der Waals surface area contributed by atoms with E-state index in [0.717, 1.165) is 36.3 Å². The molecule has 0 amide bonds. The van der Waals surface area contributed by atoms with Crippen LogP contribution in [0.5, 0.6) is 11.5 Å². The zero-order chi connectivity index (χ0) is 17.6. The van der Waals surface area contributed by atoms with Crippen molar-refractivity contribution >= 4 is 0 Å². The molecule has 0 saturated carbocycles. The van der Waals surface area contributed by atoms with Crippen molar-refractivity contribution in [3.8, 4) is 17.6 Å². The molecule has 1 aliphatic rings. The number of nitrogens with zero attached hydrogens (tertiary/aromatic N) is 3. The highest BCUT2D eigenvalue weighted by molar-refractivity contribution is 5.45. The zero-order valence-electron chi connectivity index (χ0n) is 14.5. The van der Waals surface area contributed by atoms with E-state index in [0.29, 0.717) is 17.9 Å². The van der Waals surface area contributed by atoms with Crippen LogP contribution in [0.3, 0.4) is 0 Å². The molecule has 1 saturated heterocycles. The smallest absolute Gasteiger partial charge is 0.128 e. The Balaban J connectivity index is 1.76. The van der Waals surface area contributed by atoms with Gasteiger partial charge in [-0.25, -0.2) is 0 Å². The second-order valence-electron chi connectivity index (χ2n) is 6.57. The Kier molecular flexibility index (Phi) is 5.52. The zero-order valence-corrected chi connectivity index (χ0v) is 14.5. The Morgan fingerprint density at radius 3 is 2.76 bits per heavy atom. The minimum absolute atomic E-state index is 0.237. The van der Waals surface area contributed by atoms with Gasteiger partial charge < -0.3 is 9.84 Å². The lowest BCUT2D eigenvalue weighted by Gasteiger charge is -2.27. The van der Waals surface area contributed by atoms with E-state index >= 15 is 0 Å².